The maximum absolute atomic E-state index is 14.2. The molecule has 11 heteroatoms. The molecule has 5 nitrogen and oxygen atoms in total. The van der Waals surface area contributed by atoms with Gasteiger partial charge in [-0.2, -0.15) is 26.3 Å². The van der Waals surface area contributed by atoms with Gasteiger partial charge in [-0.25, -0.2) is 0 Å². The lowest BCUT2D eigenvalue weighted by atomic mass is 10.0. The van der Waals surface area contributed by atoms with Gasteiger partial charge in [0, 0.05) is 22.5 Å². The van der Waals surface area contributed by atoms with E-state index in [0.717, 1.165) is 12.1 Å². The molecule has 0 saturated heterocycles. The average molecular weight is 469 g/mol. The van der Waals surface area contributed by atoms with Crippen molar-refractivity contribution in [2.75, 3.05) is 0 Å². The highest BCUT2D eigenvalue weighted by Gasteiger charge is 2.51. The van der Waals surface area contributed by atoms with E-state index < -0.39 is 47.4 Å². The molecule has 3 N–H and O–H groups in total. The second-order valence-corrected chi connectivity index (χ2v) is 7.86. The van der Waals surface area contributed by atoms with Crippen molar-refractivity contribution in [2.24, 2.45) is 5.73 Å². The molecule has 2 aromatic carbocycles. The number of hydrogen-bond acceptors (Lipinski definition) is 2. The van der Waals surface area contributed by atoms with Gasteiger partial charge in [-0.05, 0) is 54.8 Å². The number of fused-ring (bicyclic) bond motifs is 1. The number of nitrogens with zero attached hydrogens (tertiary/aromatic N) is 1. The van der Waals surface area contributed by atoms with Crippen molar-refractivity contribution in [3.8, 4) is 0 Å². The average Bonchev–Trinajstić information content (AvgIpc) is 3.46. The number of amides is 2. The first kappa shape index (κ1) is 22.7. The summed E-state index contributed by atoms with van der Waals surface area (Å²) < 4.78 is 81.9. The fourth-order valence-electron chi connectivity index (χ4n) is 3.78. The Bertz CT molecular complexity index is 1230. The molecule has 1 aliphatic rings. The van der Waals surface area contributed by atoms with Crippen molar-refractivity contribution in [1.82, 2.24) is 9.88 Å². The van der Waals surface area contributed by atoms with Crippen LogP contribution in [0.1, 0.15) is 50.9 Å². The second-order valence-electron chi connectivity index (χ2n) is 7.86. The fraction of sp³-hybridized carbons (Fsp3) is 0.273. The molecule has 1 saturated carbocycles. The topological polar surface area (TPSA) is 79.2 Å². The van der Waals surface area contributed by atoms with E-state index in [9.17, 15) is 35.9 Å². The van der Waals surface area contributed by atoms with Gasteiger partial charge in [-0.1, -0.05) is 12.1 Å². The van der Waals surface area contributed by atoms with Crippen LogP contribution in [-0.4, -0.2) is 33.9 Å². The zero-order valence-corrected chi connectivity index (χ0v) is 16.8. The molecule has 1 atom stereocenters. The summed E-state index contributed by atoms with van der Waals surface area (Å²) in [6.07, 6.45) is -9.27. The quantitative estimate of drug-likeness (QED) is 0.505. The fourth-order valence-corrected chi connectivity index (χ4v) is 3.78. The van der Waals surface area contributed by atoms with Crippen molar-refractivity contribution in [3.63, 3.8) is 0 Å². The molecule has 3 aromatic rings. The number of halogens is 6. The molecular formula is C22H17F6N3O2. The molecule has 0 aliphatic heterocycles. The Kier molecular flexibility index (Phi) is 5.38. The number of hydrogen-bond donors (Lipinski definition) is 2. The van der Waals surface area contributed by atoms with Crippen LogP contribution < -0.4 is 5.73 Å². The van der Waals surface area contributed by atoms with Gasteiger partial charge in [-0.3, -0.25) is 9.59 Å². The van der Waals surface area contributed by atoms with E-state index in [-0.39, 0.29) is 11.3 Å². The second kappa shape index (κ2) is 7.82. The summed E-state index contributed by atoms with van der Waals surface area (Å²) in [5.74, 6) is -1.72. The van der Waals surface area contributed by atoms with Crippen LogP contribution >= 0.6 is 0 Å². The summed E-state index contributed by atoms with van der Waals surface area (Å²) >= 11 is 0. The lowest BCUT2D eigenvalue weighted by Gasteiger charge is -2.33. The minimum absolute atomic E-state index is 0.150. The van der Waals surface area contributed by atoms with Crippen molar-refractivity contribution in [1.29, 1.82) is 0 Å². The van der Waals surface area contributed by atoms with Gasteiger partial charge in [0.15, 0.2) is 6.04 Å². The van der Waals surface area contributed by atoms with Crippen LogP contribution in [0, 0.1) is 0 Å². The van der Waals surface area contributed by atoms with E-state index in [1.807, 2.05) is 0 Å². The summed E-state index contributed by atoms with van der Waals surface area (Å²) in [5.41, 5.74) is 3.68. The summed E-state index contributed by atoms with van der Waals surface area (Å²) in [7, 11) is 0. The van der Waals surface area contributed by atoms with Crippen LogP contribution in [0.15, 0.2) is 48.5 Å². The number of aromatic nitrogens is 1. The first-order valence-corrected chi connectivity index (χ1v) is 9.85. The normalized spacial score (nSPS) is 15.5. The number of carbonyl (C=O) groups excluding carboxylic acids is 2. The van der Waals surface area contributed by atoms with Gasteiger partial charge in [0.05, 0.1) is 5.56 Å². The number of nitrogens with one attached hydrogen (secondary N) is 1. The van der Waals surface area contributed by atoms with Gasteiger partial charge in [0.25, 0.3) is 5.91 Å². The zero-order chi connectivity index (χ0) is 24.1. The Morgan fingerprint density at radius 3 is 2.27 bits per heavy atom. The number of nitrogens with two attached hydrogens (primary N) is 1. The molecule has 33 heavy (non-hydrogen) atoms. The Balaban J connectivity index is 1.78. The summed E-state index contributed by atoms with van der Waals surface area (Å²) in [6.45, 7) is 0. The van der Waals surface area contributed by atoms with Gasteiger partial charge >= 0.3 is 12.4 Å². The highest BCUT2D eigenvalue weighted by Crippen LogP contribution is 2.45. The Labute approximate surface area is 183 Å². The van der Waals surface area contributed by atoms with E-state index in [0.29, 0.717) is 40.8 Å². The molecule has 174 valence electrons. The first-order valence-electron chi connectivity index (χ1n) is 9.85. The number of alkyl halides is 6. The minimum Gasteiger partial charge on any atom is -0.366 e. The SMILES string of the molecule is NC(=O)c1ccc2[nH]c(C(=O)N(C3CC3)C(c3cccc(C(F)(F)F)c3)C(F)(F)F)cc2c1. The van der Waals surface area contributed by atoms with Crippen molar-refractivity contribution in [3.05, 3.63) is 70.9 Å². The lowest BCUT2D eigenvalue weighted by Crippen LogP contribution is -2.44. The van der Waals surface area contributed by atoms with Gasteiger partial charge in [-0.15, -0.1) is 0 Å². The third-order valence-electron chi connectivity index (χ3n) is 5.43. The maximum Gasteiger partial charge on any atom is 0.416 e. The predicted octanol–water partition coefficient (Wildman–Crippen LogP) is 5.19. The van der Waals surface area contributed by atoms with Crippen molar-refractivity contribution >= 4 is 22.7 Å². The summed E-state index contributed by atoms with van der Waals surface area (Å²) in [6, 6.07) is 5.12. The van der Waals surface area contributed by atoms with Crippen LogP contribution in [0.5, 0.6) is 0 Å². The monoisotopic (exact) mass is 469 g/mol. The third-order valence-corrected chi connectivity index (χ3v) is 5.43. The van der Waals surface area contributed by atoms with Gasteiger partial charge in [0.1, 0.15) is 5.69 Å². The van der Waals surface area contributed by atoms with Crippen molar-refractivity contribution < 1.29 is 35.9 Å². The van der Waals surface area contributed by atoms with Gasteiger partial charge in [0.2, 0.25) is 5.91 Å². The van der Waals surface area contributed by atoms with E-state index in [2.05, 4.69) is 4.98 Å². The van der Waals surface area contributed by atoms with Crippen molar-refractivity contribution in [2.45, 2.75) is 37.3 Å². The Morgan fingerprint density at radius 2 is 1.70 bits per heavy atom. The van der Waals surface area contributed by atoms with E-state index in [1.54, 1.807) is 0 Å². The highest BCUT2D eigenvalue weighted by molar-refractivity contribution is 6.01. The van der Waals surface area contributed by atoms with E-state index in [1.165, 1.54) is 24.3 Å². The number of rotatable bonds is 5. The summed E-state index contributed by atoms with van der Waals surface area (Å²) in [5, 5.41) is 0.382. The number of H-pyrrole nitrogens is 1. The maximum atomic E-state index is 14.2. The van der Waals surface area contributed by atoms with Crippen LogP contribution in [0.2, 0.25) is 0 Å². The van der Waals surface area contributed by atoms with Gasteiger partial charge < -0.3 is 15.6 Å². The molecule has 1 heterocycles. The standard InChI is InChI=1S/C22H17F6N3O2/c23-21(24,25)14-3-1-2-11(9-14)18(22(26,27)28)31(15-5-6-15)20(33)17-10-13-8-12(19(29)32)4-7-16(13)30-17/h1-4,7-10,15,18,30H,5-6H2,(H2,29,32). The Morgan fingerprint density at radius 1 is 1.00 bits per heavy atom. The molecule has 2 amide bonds. The summed E-state index contributed by atoms with van der Waals surface area (Å²) in [4.78, 5) is 27.9. The lowest BCUT2D eigenvalue weighted by molar-refractivity contribution is -0.181. The molecule has 0 radical (unpaired) electrons. The number of aromatic amines is 1. The number of benzene rings is 2. The largest absolute Gasteiger partial charge is 0.416 e. The third kappa shape index (κ3) is 4.53. The zero-order valence-electron chi connectivity index (χ0n) is 16.8. The van der Waals surface area contributed by atoms with Crippen LogP contribution in [0.3, 0.4) is 0 Å². The first-order chi connectivity index (χ1) is 15.4. The molecule has 1 aliphatic carbocycles. The highest BCUT2D eigenvalue weighted by atomic mass is 19.4. The molecule has 1 aromatic heterocycles. The Hall–Kier alpha value is -3.50. The molecule has 0 spiro atoms. The van der Waals surface area contributed by atoms with E-state index in [4.69, 9.17) is 5.73 Å². The molecule has 0 bridgehead atoms. The van der Waals surface area contributed by atoms with Crippen LogP contribution in [-0.2, 0) is 6.18 Å². The number of primary amides is 1. The molecule has 1 unspecified atom stereocenters. The molecule has 4 rings (SSSR count). The minimum atomic E-state index is -5.02. The number of carbonyl (C=O) groups is 2. The smallest absolute Gasteiger partial charge is 0.366 e. The molecular weight excluding hydrogens is 452 g/mol. The van der Waals surface area contributed by atoms with Crippen LogP contribution in [0.25, 0.3) is 10.9 Å². The molecule has 1 fully saturated rings. The van der Waals surface area contributed by atoms with Crippen LogP contribution in [0.4, 0.5) is 26.3 Å². The van der Waals surface area contributed by atoms with E-state index >= 15 is 0 Å². The predicted molar refractivity (Wildman–Crippen MR) is 106 cm³/mol.